The summed E-state index contributed by atoms with van der Waals surface area (Å²) in [4.78, 5) is 16.4. The number of aliphatic imine (C=N–C) groups is 1. The third kappa shape index (κ3) is 7.16. The highest BCUT2D eigenvalue weighted by Gasteiger charge is 2.08. The molecule has 0 aliphatic carbocycles. The summed E-state index contributed by atoms with van der Waals surface area (Å²) in [6.07, 6.45) is 2.53. The van der Waals surface area contributed by atoms with Gasteiger partial charge in [0.25, 0.3) is 5.91 Å². The number of rotatable bonds is 7. The number of nitrogens with one attached hydrogen (secondary N) is 3. The first kappa shape index (κ1) is 21.0. The molecule has 1 heterocycles. The van der Waals surface area contributed by atoms with E-state index in [9.17, 15) is 4.79 Å². The van der Waals surface area contributed by atoms with E-state index >= 15 is 0 Å². The minimum absolute atomic E-state index is 0. The van der Waals surface area contributed by atoms with Crippen LogP contribution in [0.3, 0.4) is 0 Å². The van der Waals surface area contributed by atoms with E-state index in [0.29, 0.717) is 12.3 Å². The summed E-state index contributed by atoms with van der Waals surface area (Å²) in [6, 6.07) is 10.9. The average molecular weight is 456 g/mol. The topological polar surface area (TPSA) is 78.7 Å². The smallest absolute Gasteiger partial charge is 0.291 e. The molecule has 0 aliphatic rings. The molecule has 1 aromatic heterocycles. The zero-order valence-electron chi connectivity index (χ0n) is 14.5. The lowest BCUT2D eigenvalue weighted by molar-refractivity contribution is 0.0996. The molecule has 0 bridgehead atoms. The van der Waals surface area contributed by atoms with Crippen LogP contribution in [0.2, 0.25) is 0 Å². The number of carbonyl (C=O) groups excluding carboxylic acids is 1. The van der Waals surface area contributed by atoms with Crippen LogP contribution in [0.5, 0.6) is 0 Å². The molecule has 6 nitrogen and oxygen atoms in total. The first-order chi connectivity index (χ1) is 11.7. The summed E-state index contributed by atoms with van der Waals surface area (Å²) in [6.45, 7) is 6.45. The first-order valence-corrected chi connectivity index (χ1v) is 8.19. The van der Waals surface area contributed by atoms with Crippen LogP contribution in [-0.2, 0) is 6.54 Å². The van der Waals surface area contributed by atoms with E-state index in [-0.39, 0.29) is 29.9 Å². The number of anilines is 1. The molecule has 25 heavy (non-hydrogen) atoms. The van der Waals surface area contributed by atoms with Gasteiger partial charge >= 0.3 is 0 Å². The van der Waals surface area contributed by atoms with Crippen molar-refractivity contribution in [1.82, 2.24) is 10.6 Å². The van der Waals surface area contributed by atoms with Crippen LogP contribution >= 0.6 is 24.0 Å². The van der Waals surface area contributed by atoms with Crippen molar-refractivity contribution in [2.45, 2.75) is 26.8 Å². The molecular weight excluding hydrogens is 431 g/mol. The Hall–Kier alpha value is -2.03. The van der Waals surface area contributed by atoms with Crippen LogP contribution in [0.1, 0.15) is 36.4 Å². The fourth-order valence-corrected chi connectivity index (χ4v) is 2.05. The molecule has 0 atom stereocenters. The molecule has 7 heteroatoms. The number of amides is 1. The second-order valence-corrected chi connectivity index (χ2v) is 5.25. The molecule has 0 saturated heterocycles. The molecule has 2 rings (SSSR count). The number of guanidine groups is 1. The van der Waals surface area contributed by atoms with Crippen molar-refractivity contribution in [3.8, 4) is 0 Å². The first-order valence-electron chi connectivity index (χ1n) is 8.19. The van der Waals surface area contributed by atoms with Crippen LogP contribution in [0.25, 0.3) is 0 Å². The van der Waals surface area contributed by atoms with Crippen molar-refractivity contribution in [1.29, 1.82) is 0 Å². The second-order valence-electron chi connectivity index (χ2n) is 5.25. The minimum atomic E-state index is -0.260. The third-order valence-electron chi connectivity index (χ3n) is 3.26. The molecule has 1 aromatic carbocycles. The van der Waals surface area contributed by atoms with Crippen LogP contribution < -0.4 is 16.0 Å². The van der Waals surface area contributed by atoms with Gasteiger partial charge in [-0.2, -0.15) is 0 Å². The highest BCUT2D eigenvalue weighted by molar-refractivity contribution is 14.0. The maximum absolute atomic E-state index is 11.9. The second kappa shape index (κ2) is 11.5. The standard InChI is InChI=1S/C18H24N4O2.HI/c1-3-11-20-18(19-4-2)21-13-14-7-9-15(10-8-14)22-17(23)16-6-5-12-24-16;/h5-10,12H,3-4,11,13H2,1-2H3,(H,22,23)(H2,19,20,21);1H. The number of benzene rings is 1. The fraction of sp³-hybridized carbons (Fsp3) is 0.333. The lowest BCUT2D eigenvalue weighted by atomic mass is 10.2. The van der Waals surface area contributed by atoms with Gasteiger partial charge in [0.05, 0.1) is 12.8 Å². The van der Waals surface area contributed by atoms with Gasteiger partial charge in [-0.15, -0.1) is 24.0 Å². The predicted octanol–water partition coefficient (Wildman–Crippen LogP) is 3.62. The van der Waals surface area contributed by atoms with E-state index in [4.69, 9.17) is 4.42 Å². The Kier molecular flexibility index (Phi) is 9.68. The highest BCUT2D eigenvalue weighted by atomic mass is 127. The lowest BCUT2D eigenvalue weighted by Crippen LogP contribution is -2.37. The molecule has 0 aliphatic heterocycles. The molecule has 0 unspecified atom stereocenters. The molecule has 0 spiro atoms. The maximum atomic E-state index is 11.9. The van der Waals surface area contributed by atoms with Crippen LogP contribution in [0, 0.1) is 0 Å². The van der Waals surface area contributed by atoms with E-state index in [1.54, 1.807) is 12.1 Å². The predicted molar refractivity (Wildman–Crippen MR) is 112 cm³/mol. The van der Waals surface area contributed by atoms with Gasteiger partial charge in [0.15, 0.2) is 11.7 Å². The van der Waals surface area contributed by atoms with Crippen molar-refractivity contribution in [2.24, 2.45) is 4.99 Å². The van der Waals surface area contributed by atoms with Crippen LogP contribution in [0.4, 0.5) is 5.69 Å². The Morgan fingerprint density at radius 1 is 1.12 bits per heavy atom. The van der Waals surface area contributed by atoms with Gasteiger partial charge in [0, 0.05) is 18.8 Å². The quantitative estimate of drug-likeness (QED) is 0.338. The summed E-state index contributed by atoms with van der Waals surface area (Å²) >= 11 is 0. The SMILES string of the molecule is CCCNC(=NCc1ccc(NC(=O)c2ccco2)cc1)NCC.I. The van der Waals surface area contributed by atoms with E-state index in [1.165, 1.54) is 6.26 Å². The van der Waals surface area contributed by atoms with Crippen molar-refractivity contribution in [3.63, 3.8) is 0 Å². The van der Waals surface area contributed by atoms with E-state index < -0.39 is 0 Å². The summed E-state index contributed by atoms with van der Waals surface area (Å²) in [7, 11) is 0. The Morgan fingerprint density at radius 3 is 2.48 bits per heavy atom. The molecule has 1 amide bonds. The summed E-state index contributed by atoms with van der Waals surface area (Å²) in [5.74, 6) is 0.847. The largest absolute Gasteiger partial charge is 0.459 e. The van der Waals surface area contributed by atoms with Gasteiger partial charge < -0.3 is 20.4 Å². The number of halogens is 1. The molecule has 2 aromatic rings. The Bertz CT molecular complexity index is 654. The maximum Gasteiger partial charge on any atom is 0.291 e. The van der Waals surface area contributed by atoms with Crippen molar-refractivity contribution in [3.05, 3.63) is 54.0 Å². The van der Waals surface area contributed by atoms with Crippen molar-refractivity contribution < 1.29 is 9.21 Å². The van der Waals surface area contributed by atoms with Crippen LogP contribution in [-0.4, -0.2) is 25.0 Å². The van der Waals surface area contributed by atoms with Crippen molar-refractivity contribution >= 4 is 41.5 Å². The summed E-state index contributed by atoms with van der Waals surface area (Å²) < 4.78 is 5.07. The fourth-order valence-electron chi connectivity index (χ4n) is 2.05. The molecule has 136 valence electrons. The normalized spacial score (nSPS) is 10.7. The zero-order valence-corrected chi connectivity index (χ0v) is 16.9. The molecule has 0 saturated carbocycles. The van der Waals surface area contributed by atoms with Gasteiger partial charge in [0.1, 0.15) is 0 Å². The Balaban J connectivity index is 0.00000312. The lowest BCUT2D eigenvalue weighted by Gasteiger charge is -2.10. The molecule has 3 N–H and O–H groups in total. The number of hydrogen-bond donors (Lipinski definition) is 3. The van der Waals surface area contributed by atoms with E-state index in [2.05, 4.69) is 27.9 Å². The monoisotopic (exact) mass is 456 g/mol. The van der Waals surface area contributed by atoms with E-state index in [0.717, 1.165) is 36.7 Å². The van der Waals surface area contributed by atoms with Crippen molar-refractivity contribution in [2.75, 3.05) is 18.4 Å². The van der Waals surface area contributed by atoms with E-state index in [1.807, 2.05) is 31.2 Å². The number of furan rings is 1. The third-order valence-corrected chi connectivity index (χ3v) is 3.26. The van der Waals surface area contributed by atoms with Gasteiger partial charge in [-0.05, 0) is 43.2 Å². The zero-order chi connectivity index (χ0) is 17.2. The molecule has 0 fully saturated rings. The number of hydrogen-bond acceptors (Lipinski definition) is 3. The number of nitrogens with zero attached hydrogens (tertiary/aromatic N) is 1. The molecule has 0 radical (unpaired) electrons. The molecular formula is C18H25IN4O2. The number of carbonyl (C=O) groups is 1. The van der Waals surface area contributed by atoms with Crippen LogP contribution in [0.15, 0.2) is 52.1 Å². The van der Waals surface area contributed by atoms with Gasteiger partial charge in [0.2, 0.25) is 0 Å². The summed E-state index contributed by atoms with van der Waals surface area (Å²) in [5.41, 5.74) is 1.79. The summed E-state index contributed by atoms with van der Waals surface area (Å²) in [5, 5.41) is 9.27. The van der Waals surface area contributed by atoms with Gasteiger partial charge in [-0.3, -0.25) is 4.79 Å². The Morgan fingerprint density at radius 2 is 1.88 bits per heavy atom. The Labute approximate surface area is 165 Å². The average Bonchev–Trinajstić information content (AvgIpc) is 3.13. The minimum Gasteiger partial charge on any atom is -0.459 e. The van der Waals surface area contributed by atoms with Gasteiger partial charge in [-0.25, -0.2) is 4.99 Å². The van der Waals surface area contributed by atoms with Gasteiger partial charge in [-0.1, -0.05) is 19.1 Å². The highest BCUT2D eigenvalue weighted by Crippen LogP contribution is 2.12.